The number of nitro groups is 1. The first-order valence-electron chi connectivity index (χ1n) is 5.69. The van der Waals surface area contributed by atoms with Crippen molar-refractivity contribution in [2.45, 2.75) is 6.54 Å². The van der Waals surface area contributed by atoms with E-state index < -0.39 is 10.7 Å². The first kappa shape index (κ1) is 15.8. The molecule has 2 aromatic rings. The molecule has 0 aliphatic carbocycles. The standard InChI is InChI=1S/C13H8Cl3FN2O2/c14-8-4-12(13(19(20)21)5-9(8)15)18-6-7-1-2-11(17)10(16)3-7/h1-5,18H,6H2. The average molecular weight is 350 g/mol. The van der Waals surface area contributed by atoms with E-state index in [4.69, 9.17) is 34.8 Å². The fourth-order valence-electron chi connectivity index (χ4n) is 1.68. The molecule has 0 bridgehead atoms. The van der Waals surface area contributed by atoms with Crippen molar-refractivity contribution in [3.8, 4) is 0 Å². The summed E-state index contributed by atoms with van der Waals surface area (Å²) < 4.78 is 13.1. The number of anilines is 1. The molecule has 0 radical (unpaired) electrons. The second-order valence-corrected chi connectivity index (χ2v) is 5.36. The molecule has 0 fully saturated rings. The first-order chi connectivity index (χ1) is 9.88. The lowest BCUT2D eigenvalue weighted by Crippen LogP contribution is -2.03. The van der Waals surface area contributed by atoms with E-state index in [1.54, 1.807) is 0 Å². The topological polar surface area (TPSA) is 55.2 Å². The van der Waals surface area contributed by atoms with E-state index in [9.17, 15) is 14.5 Å². The molecule has 0 unspecified atom stereocenters. The molecule has 0 aromatic heterocycles. The summed E-state index contributed by atoms with van der Waals surface area (Å²) in [4.78, 5) is 10.4. The minimum atomic E-state index is -0.567. The Hall–Kier alpha value is -1.56. The molecule has 1 N–H and O–H groups in total. The molecular formula is C13H8Cl3FN2O2. The van der Waals surface area contributed by atoms with Gasteiger partial charge in [0, 0.05) is 12.6 Å². The Labute approximate surface area is 134 Å². The van der Waals surface area contributed by atoms with Crippen molar-refractivity contribution in [2.24, 2.45) is 0 Å². The second-order valence-electron chi connectivity index (χ2n) is 4.14. The first-order valence-corrected chi connectivity index (χ1v) is 6.83. The van der Waals surface area contributed by atoms with Crippen molar-refractivity contribution < 1.29 is 9.31 Å². The van der Waals surface area contributed by atoms with E-state index in [2.05, 4.69) is 5.32 Å². The van der Waals surface area contributed by atoms with Crippen molar-refractivity contribution in [2.75, 3.05) is 5.32 Å². The van der Waals surface area contributed by atoms with Crippen molar-refractivity contribution >= 4 is 46.2 Å². The van der Waals surface area contributed by atoms with Crippen LogP contribution in [0.2, 0.25) is 15.1 Å². The number of halogens is 4. The van der Waals surface area contributed by atoms with Crippen LogP contribution in [0.4, 0.5) is 15.8 Å². The highest BCUT2D eigenvalue weighted by atomic mass is 35.5. The van der Waals surface area contributed by atoms with Gasteiger partial charge in [0.25, 0.3) is 5.69 Å². The molecule has 0 saturated carbocycles. The van der Waals surface area contributed by atoms with Crippen molar-refractivity contribution in [3.63, 3.8) is 0 Å². The van der Waals surface area contributed by atoms with Gasteiger partial charge in [-0.3, -0.25) is 10.1 Å². The minimum Gasteiger partial charge on any atom is -0.375 e. The van der Waals surface area contributed by atoms with Gasteiger partial charge in [-0.15, -0.1) is 0 Å². The molecule has 0 spiro atoms. The zero-order chi connectivity index (χ0) is 15.6. The van der Waals surface area contributed by atoms with Gasteiger partial charge in [-0.2, -0.15) is 0 Å². The summed E-state index contributed by atoms with van der Waals surface area (Å²) in [5.74, 6) is -0.527. The number of hydrogen-bond donors (Lipinski definition) is 1. The zero-order valence-corrected chi connectivity index (χ0v) is 12.6. The third-order valence-electron chi connectivity index (χ3n) is 2.70. The lowest BCUT2D eigenvalue weighted by molar-refractivity contribution is -0.383. The summed E-state index contributed by atoms with van der Waals surface area (Å²) in [7, 11) is 0. The van der Waals surface area contributed by atoms with E-state index in [-0.39, 0.29) is 33.0 Å². The van der Waals surface area contributed by atoms with E-state index in [1.807, 2.05) is 0 Å². The van der Waals surface area contributed by atoms with Gasteiger partial charge in [0.15, 0.2) is 0 Å². The molecule has 0 aliphatic heterocycles. The maximum atomic E-state index is 13.1. The Morgan fingerprint density at radius 3 is 2.38 bits per heavy atom. The van der Waals surface area contributed by atoms with Crippen LogP contribution in [0.15, 0.2) is 30.3 Å². The monoisotopic (exact) mass is 348 g/mol. The van der Waals surface area contributed by atoms with E-state index in [0.29, 0.717) is 5.56 Å². The zero-order valence-electron chi connectivity index (χ0n) is 10.4. The molecule has 0 amide bonds. The Bertz CT molecular complexity index is 710. The fraction of sp³-hybridized carbons (Fsp3) is 0.0769. The predicted octanol–water partition coefficient (Wildman–Crippen LogP) is 5.31. The number of nitro benzene ring substituents is 1. The Morgan fingerprint density at radius 2 is 1.76 bits per heavy atom. The predicted molar refractivity (Wildman–Crippen MR) is 81.9 cm³/mol. The van der Waals surface area contributed by atoms with Crippen molar-refractivity contribution in [1.82, 2.24) is 0 Å². The molecule has 0 heterocycles. The molecule has 0 aliphatic rings. The quantitative estimate of drug-likeness (QED) is 0.601. The SMILES string of the molecule is O=[N+]([O-])c1cc(Cl)c(Cl)cc1NCc1ccc(F)c(Cl)c1. The van der Waals surface area contributed by atoms with Crippen LogP contribution in [0.3, 0.4) is 0 Å². The summed E-state index contributed by atoms with van der Waals surface area (Å²) >= 11 is 17.3. The highest BCUT2D eigenvalue weighted by Gasteiger charge is 2.16. The summed E-state index contributed by atoms with van der Waals surface area (Å²) in [6, 6.07) is 6.73. The summed E-state index contributed by atoms with van der Waals surface area (Å²) in [5, 5.41) is 14.1. The summed E-state index contributed by atoms with van der Waals surface area (Å²) in [5.41, 5.74) is 0.689. The maximum Gasteiger partial charge on any atom is 0.293 e. The Kier molecular flexibility index (Phi) is 4.88. The lowest BCUT2D eigenvalue weighted by atomic mass is 10.2. The third-order valence-corrected chi connectivity index (χ3v) is 3.71. The van der Waals surface area contributed by atoms with Crippen LogP contribution in [0.1, 0.15) is 5.56 Å². The van der Waals surface area contributed by atoms with Gasteiger partial charge < -0.3 is 5.32 Å². The number of nitrogens with zero attached hydrogens (tertiary/aromatic N) is 1. The normalized spacial score (nSPS) is 10.5. The third kappa shape index (κ3) is 3.75. The van der Waals surface area contributed by atoms with E-state index in [0.717, 1.165) is 0 Å². The minimum absolute atomic E-state index is 0.0158. The average Bonchev–Trinajstić information content (AvgIpc) is 2.43. The van der Waals surface area contributed by atoms with Gasteiger partial charge in [0.2, 0.25) is 0 Å². The van der Waals surface area contributed by atoms with Crippen LogP contribution >= 0.6 is 34.8 Å². The molecule has 110 valence electrons. The lowest BCUT2D eigenvalue weighted by Gasteiger charge is -2.09. The van der Waals surface area contributed by atoms with Gasteiger partial charge >= 0.3 is 0 Å². The number of rotatable bonds is 4. The Morgan fingerprint density at radius 1 is 1.10 bits per heavy atom. The van der Waals surface area contributed by atoms with Gasteiger partial charge in [0.1, 0.15) is 11.5 Å². The van der Waals surface area contributed by atoms with E-state index in [1.165, 1.54) is 30.3 Å². The van der Waals surface area contributed by atoms with Gasteiger partial charge in [-0.25, -0.2) is 4.39 Å². The molecular weight excluding hydrogens is 342 g/mol. The second kappa shape index (κ2) is 6.47. The van der Waals surface area contributed by atoms with E-state index >= 15 is 0 Å². The molecule has 8 heteroatoms. The highest BCUT2D eigenvalue weighted by molar-refractivity contribution is 6.42. The maximum absolute atomic E-state index is 13.1. The van der Waals surface area contributed by atoms with Crippen molar-refractivity contribution in [3.05, 3.63) is 66.9 Å². The van der Waals surface area contributed by atoms with Gasteiger partial charge in [-0.1, -0.05) is 40.9 Å². The molecule has 4 nitrogen and oxygen atoms in total. The molecule has 0 saturated heterocycles. The smallest absolute Gasteiger partial charge is 0.293 e. The number of benzene rings is 2. The number of hydrogen-bond acceptors (Lipinski definition) is 3. The van der Waals surface area contributed by atoms with Crippen LogP contribution < -0.4 is 5.32 Å². The number of nitrogens with one attached hydrogen (secondary N) is 1. The van der Waals surface area contributed by atoms with Gasteiger partial charge in [-0.05, 0) is 23.8 Å². The van der Waals surface area contributed by atoms with Crippen LogP contribution in [0.5, 0.6) is 0 Å². The van der Waals surface area contributed by atoms with Crippen LogP contribution in [-0.4, -0.2) is 4.92 Å². The van der Waals surface area contributed by atoms with Crippen LogP contribution in [0.25, 0.3) is 0 Å². The van der Waals surface area contributed by atoms with Crippen molar-refractivity contribution in [1.29, 1.82) is 0 Å². The largest absolute Gasteiger partial charge is 0.375 e. The molecule has 0 atom stereocenters. The summed E-state index contributed by atoms with van der Waals surface area (Å²) in [6.45, 7) is 0.221. The molecule has 2 rings (SSSR count). The van der Waals surface area contributed by atoms with Gasteiger partial charge in [0.05, 0.1) is 20.0 Å². The summed E-state index contributed by atoms with van der Waals surface area (Å²) in [6.07, 6.45) is 0. The fourth-order valence-corrected chi connectivity index (χ4v) is 2.20. The van der Waals surface area contributed by atoms with Crippen LogP contribution in [-0.2, 0) is 6.54 Å². The molecule has 21 heavy (non-hydrogen) atoms. The van der Waals surface area contributed by atoms with Crippen LogP contribution in [0, 0.1) is 15.9 Å². The molecule has 2 aromatic carbocycles. The highest BCUT2D eigenvalue weighted by Crippen LogP contribution is 2.34. The Balaban J connectivity index is 2.24.